The van der Waals surface area contributed by atoms with Gasteiger partial charge in [0, 0.05) is 38.7 Å². The number of rotatable bonds is 7. The van der Waals surface area contributed by atoms with Gasteiger partial charge in [0.25, 0.3) is 5.91 Å². The lowest BCUT2D eigenvalue weighted by Gasteiger charge is -2.26. The Hall–Kier alpha value is -1.93. The summed E-state index contributed by atoms with van der Waals surface area (Å²) in [7, 11) is -2.01. The van der Waals surface area contributed by atoms with E-state index in [0.29, 0.717) is 37.2 Å². The van der Waals surface area contributed by atoms with Crippen molar-refractivity contribution in [2.24, 2.45) is 0 Å². The number of aliphatic carboxylic acids is 1. The second-order valence-electron chi connectivity index (χ2n) is 6.67. The molecule has 1 N–H and O–H groups in total. The van der Waals surface area contributed by atoms with Crippen LogP contribution in [0.3, 0.4) is 0 Å². The maximum absolute atomic E-state index is 12.8. The SMILES string of the molecule is Cc1ccc(S(=O)(=O)N2CCCCC2)cc1C(=O)N(C)CCCC(=O)O. The highest BCUT2D eigenvalue weighted by Gasteiger charge is 2.27. The maximum Gasteiger partial charge on any atom is 0.303 e. The molecule has 1 fully saturated rings. The quantitative estimate of drug-likeness (QED) is 0.779. The van der Waals surface area contributed by atoms with Crippen LogP contribution in [-0.2, 0) is 14.8 Å². The number of aryl methyl sites for hydroxylation is 1. The molecule has 1 aromatic carbocycles. The monoisotopic (exact) mass is 382 g/mol. The normalized spacial score (nSPS) is 15.6. The minimum absolute atomic E-state index is 0.0139. The standard InChI is InChI=1S/C18H26N2O5S/c1-14-8-9-15(26(24,25)20-11-4-3-5-12-20)13-16(14)18(23)19(2)10-6-7-17(21)22/h8-9,13H,3-7,10-12H2,1-2H3,(H,21,22). The van der Waals surface area contributed by atoms with Gasteiger partial charge in [0.2, 0.25) is 10.0 Å². The average molecular weight is 382 g/mol. The fourth-order valence-corrected chi connectivity index (χ4v) is 4.56. The number of hydrogen-bond acceptors (Lipinski definition) is 4. The zero-order valence-corrected chi connectivity index (χ0v) is 16.1. The molecule has 144 valence electrons. The van der Waals surface area contributed by atoms with Crippen molar-refractivity contribution in [2.75, 3.05) is 26.7 Å². The number of hydrogen-bond donors (Lipinski definition) is 1. The topological polar surface area (TPSA) is 95.0 Å². The van der Waals surface area contributed by atoms with E-state index >= 15 is 0 Å². The predicted molar refractivity (Wildman–Crippen MR) is 97.6 cm³/mol. The van der Waals surface area contributed by atoms with Gasteiger partial charge in [-0.2, -0.15) is 4.31 Å². The van der Waals surface area contributed by atoms with Crippen LogP contribution in [0.2, 0.25) is 0 Å². The minimum Gasteiger partial charge on any atom is -0.481 e. The smallest absolute Gasteiger partial charge is 0.303 e. The lowest BCUT2D eigenvalue weighted by Crippen LogP contribution is -2.36. The van der Waals surface area contributed by atoms with Crippen molar-refractivity contribution in [3.63, 3.8) is 0 Å². The summed E-state index contributed by atoms with van der Waals surface area (Å²) in [4.78, 5) is 24.8. The third kappa shape index (κ3) is 4.82. The fraction of sp³-hybridized carbons (Fsp3) is 0.556. The zero-order valence-electron chi connectivity index (χ0n) is 15.3. The highest BCUT2D eigenvalue weighted by Crippen LogP contribution is 2.23. The van der Waals surface area contributed by atoms with E-state index in [2.05, 4.69) is 0 Å². The number of carboxylic acid groups (broad SMARTS) is 1. The van der Waals surface area contributed by atoms with Crippen LogP contribution in [0.15, 0.2) is 23.1 Å². The van der Waals surface area contributed by atoms with E-state index in [1.54, 1.807) is 26.1 Å². The molecule has 1 amide bonds. The molecule has 0 saturated carbocycles. The second kappa shape index (κ2) is 8.64. The molecule has 7 nitrogen and oxygen atoms in total. The van der Waals surface area contributed by atoms with E-state index in [-0.39, 0.29) is 17.2 Å². The van der Waals surface area contributed by atoms with Crippen molar-refractivity contribution in [3.8, 4) is 0 Å². The molecule has 1 aliphatic rings. The molecule has 0 unspecified atom stereocenters. The number of nitrogens with zero attached hydrogens (tertiary/aromatic N) is 2. The third-order valence-corrected chi connectivity index (χ3v) is 6.52. The Balaban J connectivity index is 2.20. The van der Waals surface area contributed by atoms with E-state index in [1.807, 2.05) is 0 Å². The van der Waals surface area contributed by atoms with Gasteiger partial charge in [-0.05, 0) is 43.9 Å². The van der Waals surface area contributed by atoms with Gasteiger partial charge in [-0.1, -0.05) is 12.5 Å². The molecular formula is C18H26N2O5S. The third-order valence-electron chi connectivity index (χ3n) is 4.62. The lowest BCUT2D eigenvalue weighted by molar-refractivity contribution is -0.137. The van der Waals surface area contributed by atoms with Crippen molar-refractivity contribution < 1.29 is 23.1 Å². The number of amides is 1. The van der Waals surface area contributed by atoms with Crippen molar-refractivity contribution in [1.29, 1.82) is 0 Å². The number of carboxylic acids is 1. The molecule has 0 atom stereocenters. The molecule has 0 aromatic heterocycles. The van der Waals surface area contributed by atoms with Crippen LogP contribution >= 0.6 is 0 Å². The van der Waals surface area contributed by atoms with Gasteiger partial charge in [-0.25, -0.2) is 8.42 Å². The zero-order chi connectivity index (χ0) is 19.3. The first-order valence-electron chi connectivity index (χ1n) is 8.81. The molecule has 0 aliphatic carbocycles. The summed E-state index contributed by atoms with van der Waals surface area (Å²) in [6, 6.07) is 4.63. The summed E-state index contributed by atoms with van der Waals surface area (Å²) in [5.74, 6) is -1.21. The van der Waals surface area contributed by atoms with Gasteiger partial charge in [0.15, 0.2) is 0 Å². The van der Waals surface area contributed by atoms with Crippen LogP contribution < -0.4 is 0 Å². The Morgan fingerprint density at radius 2 is 1.85 bits per heavy atom. The first-order chi connectivity index (χ1) is 12.2. The Labute approximate surface area is 154 Å². The van der Waals surface area contributed by atoms with E-state index in [4.69, 9.17) is 5.11 Å². The minimum atomic E-state index is -3.60. The molecule has 2 rings (SSSR count). The molecule has 1 aromatic rings. The van der Waals surface area contributed by atoms with Crippen LogP contribution in [0, 0.1) is 6.92 Å². The Bertz CT molecular complexity index is 770. The highest BCUT2D eigenvalue weighted by molar-refractivity contribution is 7.89. The Morgan fingerprint density at radius 1 is 1.19 bits per heavy atom. The summed E-state index contributed by atoms with van der Waals surface area (Å²) >= 11 is 0. The number of piperidine rings is 1. The predicted octanol–water partition coefficient (Wildman–Crippen LogP) is 2.11. The second-order valence-corrected chi connectivity index (χ2v) is 8.60. The van der Waals surface area contributed by atoms with Gasteiger partial charge in [-0.15, -0.1) is 0 Å². The van der Waals surface area contributed by atoms with Crippen LogP contribution in [0.1, 0.15) is 48.0 Å². The molecule has 1 aliphatic heterocycles. The summed E-state index contributed by atoms with van der Waals surface area (Å²) in [6.45, 7) is 3.08. The number of carbonyl (C=O) groups excluding carboxylic acids is 1. The van der Waals surface area contributed by atoms with Crippen molar-refractivity contribution in [3.05, 3.63) is 29.3 Å². The number of benzene rings is 1. The summed E-state index contributed by atoms with van der Waals surface area (Å²) in [6.07, 6.45) is 3.07. The summed E-state index contributed by atoms with van der Waals surface area (Å²) in [5.41, 5.74) is 1.03. The van der Waals surface area contributed by atoms with Crippen molar-refractivity contribution in [2.45, 2.75) is 43.9 Å². The van der Waals surface area contributed by atoms with Gasteiger partial charge in [0.1, 0.15) is 0 Å². The van der Waals surface area contributed by atoms with Gasteiger partial charge < -0.3 is 10.0 Å². The lowest BCUT2D eigenvalue weighted by atomic mass is 10.1. The largest absolute Gasteiger partial charge is 0.481 e. The van der Waals surface area contributed by atoms with E-state index in [9.17, 15) is 18.0 Å². The van der Waals surface area contributed by atoms with Gasteiger partial charge in [0.05, 0.1) is 4.90 Å². The molecular weight excluding hydrogens is 356 g/mol. The van der Waals surface area contributed by atoms with E-state index < -0.39 is 16.0 Å². The summed E-state index contributed by atoms with van der Waals surface area (Å²) in [5, 5.41) is 8.70. The molecule has 0 bridgehead atoms. The van der Waals surface area contributed by atoms with Crippen molar-refractivity contribution in [1.82, 2.24) is 9.21 Å². The Morgan fingerprint density at radius 3 is 2.46 bits per heavy atom. The average Bonchev–Trinajstić information content (AvgIpc) is 2.61. The Kier molecular flexibility index (Phi) is 6.77. The van der Waals surface area contributed by atoms with Gasteiger partial charge in [-0.3, -0.25) is 9.59 Å². The summed E-state index contributed by atoms with van der Waals surface area (Å²) < 4.78 is 27.1. The molecule has 8 heteroatoms. The molecule has 0 spiro atoms. The first kappa shape index (κ1) is 20.4. The van der Waals surface area contributed by atoms with E-state index in [1.165, 1.54) is 15.3 Å². The first-order valence-corrected chi connectivity index (χ1v) is 10.3. The van der Waals surface area contributed by atoms with E-state index in [0.717, 1.165) is 19.3 Å². The molecule has 0 radical (unpaired) electrons. The van der Waals surface area contributed by atoms with Crippen LogP contribution in [0.5, 0.6) is 0 Å². The van der Waals surface area contributed by atoms with Crippen LogP contribution in [0.4, 0.5) is 0 Å². The van der Waals surface area contributed by atoms with Crippen molar-refractivity contribution >= 4 is 21.9 Å². The van der Waals surface area contributed by atoms with Gasteiger partial charge >= 0.3 is 5.97 Å². The number of sulfonamides is 1. The molecule has 26 heavy (non-hydrogen) atoms. The maximum atomic E-state index is 12.8. The number of carbonyl (C=O) groups is 2. The highest BCUT2D eigenvalue weighted by atomic mass is 32.2. The van der Waals surface area contributed by atoms with Crippen LogP contribution in [-0.4, -0.2) is 61.3 Å². The molecule has 1 saturated heterocycles. The fourth-order valence-electron chi connectivity index (χ4n) is 3.02. The molecule has 1 heterocycles. The van der Waals surface area contributed by atoms with Crippen LogP contribution in [0.25, 0.3) is 0 Å².